The van der Waals surface area contributed by atoms with Gasteiger partial charge in [0.15, 0.2) is 0 Å². The first kappa shape index (κ1) is 9.36. The summed E-state index contributed by atoms with van der Waals surface area (Å²) in [5, 5.41) is 0. The number of hydrogen-bond acceptors (Lipinski definition) is 3. The van der Waals surface area contributed by atoms with Crippen molar-refractivity contribution in [2.75, 3.05) is 18.1 Å². The molecule has 1 fully saturated rings. The molecular formula is C8H17NOS. The largest absolute Gasteiger partial charge is 0.377 e. The second kappa shape index (κ2) is 5.01. The zero-order chi connectivity index (χ0) is 8.10. The van der Waals surface area contributed by atoms with Crippen LogP contribution in [0.3, 0.4) is 0 Å². The van der Waals surface area contributed by atoms with Crippen LogP contribution in [0.4, 0.5) is 0 Å². The Hall–Kier alpha value is 0.270. The van der Waals surface area contributed by atoms with Crippen LogP contribution in [0.5, 0.6) is 0 Å². The van der Waals surface area contributed by atoms with Crippen molar-refractivity contribution in [3.8, 4) is 0 Å². The van der Waals surface area contributed by atoms with E-state index in [0.717, 1.165) is 18.1 Å². The standard InChI is InChI=1S/C8H17NOS/c1-7(9)5-11-6-8-3-2-4-10-8/h7-8H,2-6,9H2,1H3/t7-,8?/m0/s1. The fourth-order valence-electron chi connectivity index (χ4n) is 1.16. The molecule has 0 amide bonds. The van der Waals surface area contributed by atoms with Crippen molar-refractivity contribution in [3.63, 3.8) is 0 Å². The number of ether oxygens (including phenoxy) is 1. The maximum Gasteiger partial charge on any atom is 0.0666 e. The summed E-state index contributed by atoms with van der Waals surface area (Å²) in [6.07, 6.45) is 2.99. The summed E-state index contributed by atoms with van der Waals surface area (Å²) in [6.45, 7) is 3.01. The van der Waals surface area contributed by atoms with Crippen LogP contribution in [0.1, 0.15) is 19.8 Å². The van der Waals surface area contributed by atoms with Crippen molar-refractivity contribution >= 4 is 11.8 Å². The third-order valence-corrected chi connectivity index (χ3v) is 3.08. The van der Waals surface area contributed by atoms with Gasteiger partial charge in [-0.2, -0.15) is 11.8 Å². The Morgan fingerprint density at radius 1 is 1.73 bits per heavy atom. The van der Waals surface area contributed by atoms with E-state index in [1.807, 2.05) is 18.7 Å². The zero-order valence-corrected chi connectivity index (χ0v) is 7.90. The third kappa shape index (κ3) is 3.99. The summed E-state index contributed by atoms with van der Waals surface area (Å²) in [4.78, 5) is 0. The Balaban J connectivity index is 1.94. The van der Waals surface area contributed by atoms with Crippen LogP contribution >= 0.6 is 11.8 Å². The molecule has 1 aliphatic heterocycles. The first-order valence-electron chi connectivity index (χ1n) is 4.24. The highest BCUT2D eigenvalue weighted by atomic mass is 32.2. The molecule has 1 heterocycles. The highest BCUT2D eigenvalue weighted by Gasteiger charge is 2.14. The maximum atomic E-state index is 5.62. The van der Waals surface area contributed by atoms with Crippen LogP contribution in [-0.4, -0.2) is 30.3 Å². The molecule has 0 aliphatic carbocycles. The lowest BCUT2D eigenvalue weighted by Crippen LogP contribution is -2.19. The van der Waals surface area contributed by atoms with Crippen molar-refractivity contribution in [1.82, 2.24) is 0 Å². The lowest BCUT2D eigenvalue weighted by atomic mass is 10.3. The predicted octanol–water partition coefficient (Wildman–Crippen LogP) is 1.25. The second-order valence-corrected chi connectivity index (χ2v) is 4.22. The van der Waals surface area contributed by atoms with E-state index in [4.69, 9.17) is 10.5 Å². The van der Waals surface area contributed by atoms with Crippen LogP contribution in [-0.2, 0) is 4.74 Å². The van der Waals surface area contributed by atoms with Gasteiger partial charge in [-0.15, -0.1) is 0 Å². The molecule has 0 radical (unpaired) electrons. The Morgan fingerprint density at radius 2 is 2.55 bits per heavy atom. The van der Waals surface area contributed by atoms with E-state index in [1.165, 1.54) is 12.8 Å². The molecule has 0 aromatic carbocycles. The first-order valence-corrected chi connectivity index (χ1v) is 5.39. The van der Waals surface area contributed by atoms with Crippen molar-refractivity contribution < 1.29 is 4.74 Å². The van der Waals surface area contributed by atoms with Crippen molar-refractivity contribution in [2.45, 2.75) is 31.9 Å². The molecule has 1 saturated heterocycles. The van der Waals surface area contributed by atoms with E-state index in [2.05, 4.69) is 0 Å². The van der Waals surface area contributed by atoms with E-state index in [-0.39, 0.29) is 0 Å². The Morgan fingerprint density at radius 3 is 3.09 bits per heavy atom. The molecule has 1 unspecified atom stereocenters. The van der Waals surface area contributed by atoms with Gasteiger partial charge in [-0.3, -0.25) is 0 Å². The van der Waals surface area contributed by atoms with Crippen LogP contribution in [0.15, 0.2) is 0 Å². The van der Waals surface area contributed by atoms with E-state index < -0.39 is 0 Å². The smallest absolute Gasteiger partial charge is 0.0666 e. The van der Waals surface area contributed by atoms with E-state index in [0.29, 0.717) is 12.1 Å². The van der Waals surface area contributed by atoms with Gasteiger partial charge in [-0.1, -0.05) is 0 Å². The number of hydrogen-bond donors (Lipinski definition) is 1. The number of nitrogens with two attached hydrogens (primary N) is 1. The summed E-state index contributed by atoms with van der Waals surface area (Å²) >= 11 is 1.91. The second-order valence-electron chi connectivity index (χ2n) is 3.15. The molecule has 66 valence electrons. The molecule has 2 atom stereocenters. The highest BCUT2D eigenvalue weighted by Crippen LogP contribution is 2.16. The van der Waals surface area contributed by atoms with Crippen molar-refractivity contribution in [2.24, 2.45) is 5.73 Å². The molecular weight excluding hydrogens is 158 g/mol. The highest BCUT2D eigenvalue weighted by molar-refractivity contribution is 7.99. The number of rotatable bonds is 4. The van der Waals surface area contributed by atoms with Gasteiger partial charge in [0.25, 0.3) is 0 Å². The van der Waals surface area contributed by atoms with Crippen molar-refractivity contribution in [3.05, 3.63) is 0 Å². The molecule has 0 aromatic heterocycles. The molecule has 0 aromatic rings. The number of thioether (sulfide) groups is 1. The van der Waals surface area contributed by atoms with E-state index in [1.54, 1.807) is 0 Å². The van der Waals surface area contributed by atoms with Gasteiger partial charge in [0.1, 0.15) is 0 Å². The molecule has 11 heavy (non-hydrogen) atoms. The molecule has 0 saturated carbocycles. The molecule has 1 rings (SSSR count). The van der Waals surface area contributed by atoms with Gasteiger partial charge in [0, 0.05) is 24.2 Å². The molecule has 2 N–H and O–H groups in total. The first-order chi connectivity index (χ1) is 5.29. The Kier molecular flexibility index (Phi) is 4.26. The van der Waals surface area contributed by atoms with Crippen LogP contribution < -0.4 is 5.73 Å². The molecule has 0 spiro atoms. The minimum absolute atomic E-state index is 0.321. The van der Waals surface area contributed by atoms with Crippen LogP contribution in [0.2, 0.25) is 0 Å². The maximum absolute atomic E-state index is 5.62. The molecule has 1 aliphatic rings. The average Bonchev–Trinajstić information content (AvgIpc) is 2.39. The molecule has 2 nitrogen and oxygen atoms in total. The summed E-state index contributed by atoms with van der Waals surface area (Å²) in [6, 6.07) is 0.321. The monoisotopic (exact) mass is 175 g/mol. The van der Waals surface area contributed by atoms with Crippen LogP contribution in [0.25, 0.3) is 0 Å². The van der Waals surface area contributed by atoms with Gasteiger partial charge in [-0.25, -0.2) is 0 Å². The van der Waals surface area contributed by atoms with Gasteiger partial charge >= 0.3 is 0 Å². The Labute approximate surface area is 72.9 Å². The molecule has 3 heteroatoms. The average molecular weight is 175 g/mol. The summed E-state index contributed by atoms with van der Waals surface area (Å²) in [5.41, 5.74) is 5.62. The zero-order valence-electron chi connectivity index (χ0n) is 7.08. The fraction of sp³-hybridized carbons (Fsp3) is 1.00. The van der Waals surface area contributed by atoms with E-state index >= 15 is 0 Å². The summed E-state index contributed by atoms with van der Waals surface area (Å²) in [5.74, 6) is 2.18. The minimum atomic E-state index is 0.321. The van der Waals surface area contributed by atoms with Gasteiger partial charge in [0.2, 0.25) is 0 Å². The van der Waals surface area contributed by atoms with Gasteiger partial charge < -0.3 is 10.5 Å². The van der Waals surface area contributed by atoms with Crippen LogP contribution in [0, 0.1) is 0 Å². The normalized spacial score (nSPS) is 27.3. The summed E-state index contributed by atoms with van der Waals surface area (Å²) < 4.78 is 5.47. The van der Waals surface area contributed by atoms with Gasteiger partial charge in [0.05, 0.1) is 6.10 Å². The lowest BCUT2D eigenvalue weighted by Gasteiger charge is -2.09. The van der Waals surface area contributed by atoms with E-state index in [9.17, 15) is 0 Å². The predicted molar refractivity (Wildman–Crippen MR) is 49.9 cm³/mol. The topological polar surface area (TPSA) is 35.2 Å². The SMILES string of the molecule is C[C@H](N)CSCC1CCCO1. The van der Waals surface area contributed by atoms with Crippen molar-refractivity contribution in [1.29, 1.82) is 0 Å². The van der Waals surface area contributed by atoms with Gasteiger partial charge in [-0.05, 0) is 19.8 Å². The fourth-order valence-corrected chi connectivity index (χ4v) is 2.19. The molecule has 0 bridgehead atoms. The lowest BCUT2D eigenvalue weighted by molar-refractivity contribution is 0.129. The third-order valence-electron chi connectivity index (χ3n) is 1.71. The summed E-state index contributed by atoms with van der Waals surface area (Å²) in [7, 11) is 0. The minimum Gasteiger partial charge on any atom is -0.377 e. The Bertz CT molecular complexity index is 102. The quantitative estimate of drug-likeness (QED) is 0.698.